The van der Waals surface area contributed by atoms with E-state index in [1.54, 1.807) is 12.1 Å². The molecular formula is C24H26FN3O2S. The molecule has 0 aliphatic rings. The van der Waals surface area contributed by atoms with Gasteiger partial charge in [0.25, 0.3) is 0 Å². The van der Waals surface area contributed by atoms with Crippen LogP contribution in [0.3, 0.4) is 0 Å². The molecule has 0 saturated carbocycles. The first-order valence-electron chi connectivity index (χ1n) is 10.3. The number of aromatic nitrogens is 1. The summed E-state index contributed by atoms with van der Waals surface area (Å²) in [4.78, 5) is 31.1. The zero-order valence-corrected chi connectivity index (χ0v) is 18.5. The lowest BCUT2D eigenvalue weighted by molar-refractivity contribution is -0.135. The van der Waals surface area contributed by atoms with E-state index in [-0.39, 0.29) is 37.1 Å². The van der Waals surface area contributed by atoms with Gasteiger partial charge in [0.15, 0.2) is 0 Å². The highest BCUT2D eigenvalue weighted by atomic mass is 32.1. The van der Waals surface area contributed by atoms with Crippen molar-refractivity contribution in [2.24, 2.45) is 0 Å². The summed E-state index contributed by atoms with van der Waals surface area (Å²) >= 11 is 1.51. The zero-order chi connectivity index (χ0) is 22.2. The molecule has 1 aromatic heterocycles. The second-order valence-electron chi connectivity index (χ2n) is 7.18. The summed E-state index contributed by atoms with van der Waals surface area (Å²) in [7, 11) is 0. The molecule has 162 valence electrons. The van der Waals surface area contributed by atoms with Gasteiger partial charge in [0.2, 0.25) is 11.8 Å². The van der Waals surface area contributed by atoms with Crippen molar-refractivity contribution in [3.63, 3.8) is 0 Å². The minimum Gasteiger partial charge on any atom is -0.350 e. The van der Waals surface area contributed by atoms with Crippen LogP contribution in [0.4, 0.5) is 4.39 Å². The number of aryl methyl sites for hydroxylation is 1. The highest BCUT2D eigenvalue weighted by molar-refractivity contribution is 7.13. The van der Waals surface area contributed by atoms with Gasteiger partial charge in [-0.2, -0.15) is 0 Å². The normalized spacial score (nSPS) is 10.7. The molecule has 2 aromatic carbocycles. The topological polar surface area (TPSA) is 62.3 Å². The predicted molar refractivity (Wildman–Crippen MR) is 121 cm³/mol. The average molecular weight is 440 g/mol. The quantitative estimate of drug-likeness (QED) is 0.543. The van der Waals surface area contributed by atoms with Gasteiger partial charge < -0.3 is 10.2 Å². The van der Waals surface area contributed by atoms with E-state index >= 15 is 0 Å². The Labute approximate surface area is 185 Å². The van der Waals surface area contributed by atoms with E-state index < -0.39 is 0 Å². The summed E-state index contributed by atoms with van der Waals surface area (Å²) in [6.07, 6.45) is 1.14. The van der Waals surface area contributed by atoms with Crippen LogP contribution in [0.1, 0.15) is 30.7 Å². The lowest BCUT2D eigenvalue weighted by Crippen LogP contribution is -2.41. The summed E-state index contributed by atoms with van der Waals surface area (Å²) in [5.74, 6) is -0.715. The number of benzene rings is 2. The molecule has 1 heterocycles. The van der Waals surface area contributed by atoms with Gasteiger partial charge in [-0.1, -0.05) is 43.3 Å². The summed E-state index contributed by atoms with van der Waals surface area (Å²) < 4.78 is 13.0. The minimum absolute atomic E-state index is 0.0218. The van der Waals surface area contributed by atoms with E-state index in [9.17, 15) is 14.0 Å². The van der Waals surface area contributed by atoms with Crippen LogP contribution in [0.15, 0.2) is 53.9 Å². The van der Waals surface area contributed by atoms with E-state index in [2.05, 4.69) is 29.4 Å². The van der Waals surface area contributed by atoms with Crippen LogP contribution >= 0.6 is 11.3 Å². The van der Waals surface area contributed by atoms with Crippen molar-refractivity contribution >= 4 is 23.2 Å². The van der Waals surface area contributed by atoms with Gasteiger partial charge in [-0.15, -0.1) is 11.3 Å². The number of carbonyl (C=O) groups excluding carboxylic acids is 2. The maximum Gasteiger partial charge on any atom is 0.239 e. The third-order valence-electron chi connectivity index (χ3n) is 4.97. The van der Waals surface area contributed by atoms with Crippen LogP contribution in [0.25, 0.3) is 10.6 Å². The molecule has 5 nitrogen and oxygen atoms in total. The molecule has 0 radical (unpaired) electrons. The maximum atomic E-state index is 13.0. The van der Waals surface area contributed by atoms with Crippen LogP contribution in [-0.2, 0) is 29.0 Å². The van der Waals surface area contributed by atoms with Crippen molar-refractivity contribution in [1.82, 2.24) is 15.2 Å². The van der Waals surface area contributed by atoms with Gasteiger partial charge in [0.05, 0.1) is 18.7 Å². The Morgan fingerprint density at radius 3 is 2.35 bits per heavy atom. The molecule has 0 atom stereocenters. The molecule has 31 heavy (non-hydrogen) atoms. The largest absolute Gasteiger partial charge is 0.350 e. The number of rotatable bonds is 9. The maximum absolute atomic E-state index is 13.0. The first-order valence-corrected chi connectivity index (χ1v) is 11.2. The Hall–Kier alpha value is -3.06. The summed E-state index contributed by atoms with van der Waals surface area (Å²) in [5.41, 5.74) is 3.81. The number of amides is 2. The molecular weight excluding hydrogens is 413 g/mol. The Kier molecular flexibility index (Phi) is 7.89. The van der Waals surface area contributed by atoms with Crippen molar-refractivity contribution in [2.75, 3.05) is 13.1 Å². The molecule has 3 aromatic rings. The second kappa shape index (κ2) is 10.8. The highest BCUT2D eigenvalue weighted by Gasteiger charge is 2.17. The van der Waals surface area contributed by atoms with E-state index in [1.807, 2.05) is 24.4 Å². The molecule has 2 amide bonds. The Balaban J connectivity index is 1.53. The van der Waals surface area contributed by atoms with Gasteiger partial charge >= 0.3 is 0 Å². The Bertz CT molecular complexity index is 1020. The number of hydrogen-bond acceptors (Lipinski definition) is 4. The molecule has 0 unspecified atom stereocenters. The Morgan fingerprint density at radius 2 is 1.71 bits per heavy atom. The molecule has 3 rings (SSSR count). The third kappa shape index (κ3) is 6.46. The van der Waals surface area contributed by atoms with Crippen LogP contribution in [0.2, 0.25) is 0 Å². The van der Waals surface area contributed by atoms with Gasteiger partial charge in [-0.05, 0) is 36.6 Å². The number of thiazole rings is 1. The molecule has 0 fully saturated rings. The van der Waals surface area contributed by atoms with Crippen molar-refractivity contribution in [3.8, 4) is 10.6 Å². The lowest BCUT2D eigenvalue weighted by atomic mass is 10.1. The fourth-order valence-corrected chi connectivity index (χ4v) is 3.90. The first-order chi connectivity index (χ1) is 15.0. The van der Waals surface area contributed by atoms with Crippen LogP contribution < -0.4 is 5.32 Å². The van der Waals surface area contributed by atoms with Crippen molar-refractivity contribution < 1.29 is 14.0 Å². The minimum atomic E-state index is -0.319. The van der Waals surface area contributed by atoms with E-state index in [0.717, 1.165) is 22.6 Å². The highest BCUT2D eigenvalue weighted by Crippen LogP contribution is 2.24. The van der Waals surface area contributed by atoms with E-state index in [4.69, 9.17) is 0 Å². The van der Waals surface area contributed by atoms with Crippen molar-refractivity contribution in [1.29, 1.82) is 0 Å². The van der Waals surface area contributed by atoms with Gasteiger partial charge in [-0.3, -0.25) is 9.59 Å². The molecule has 0 bridgehead atoms. The first kappa shape index (κ1) is 22.6. The third-order valence-corrected chi connectivity index (χ3v) is 5.91. The summed E-state index contributed by atoms with van der Waals surface area (Å²) in [5, 5.41) is 5.54. The number of likely N-dealkylation sites (N-methyl/N-ethyl adjacent to an activating group) is 1. The number of nitrogens with zero attached hydrogens (tertiary/aromatic N) is 2. The smallest absolute Gasteiger partial charge is 0.239 e. The molecule has 0 spiro atoms. The van der Waals surface area contributed by atoms with Gasteiger partial charge in [-0.25, -0.2) is 9.37 Å². The molecule has 0 saturated heterocycles. The second-order valence-corrected chi connectivity index (χ2v) is 8.04. The van der Waals surface area contributed by atoms with Crippen molar-refractivity contribution in [2.45, 2.75) is 33.2 Å². The monoisotopic (exact) mass is 439 g/mol. The zero-order valence-electron chi connectivity index (χ0n) is 17.7. The molecule has 7 heteroatoms. The van der Waals surface area contributed by atoms with E-state index in [0.29, 0.717) is 12.2 Å². The molecule has 0 aliphatic heterocycles. The standard InChI is InChI=1S/C24H26FN3O2S/c1-3-17-5-9-19(10-6-17)24-27-21(16-31-24)13-23(30)28(4-2)15-22(29)26-14-18-7-11-20(25)12-8-18/h5-12,16H,3-4,13-15H2,1-2H3,(H,26,29). The fourth-order valence-electron chi connectivity index (χ4n) is 3.08. The van der Waals surface area contributed by atoms with Crippen LogP contribution in [0.5, 0.6) is 0 Å². The Morgan fingerprint density at radius 1 is 1.03 bits per heavy atom. The number of carbonyl (C=O) groups is 2. The fraction of sp³-hybridized carbons (Fsp3) is 0.292. The van der Waals surface area contributed by atoms with Gasteiger partial charge in [0.1, 0.15) is 10.8 Å². The predicted octanol–water partition coefficient (Wildman–Crippen LogP) is 4.22. The van der Waals surface area contributed by atoms with Crippen LogP contribution in [0, 0.1) is 5.82 Å². The van der Waals surface area contributed by atoms with E-state index in [1.165, 1.54) is 33.9 Å². The van der Waals surface area contributed by atoms with Crippen molar-refractivity contribution in [3.05, 3.63) is 76.5 Å². The van der Waals surface area contributed by atoms with Crippen LogP contribution in [-0.4, -0.2) is 34.8 Å². The number of hydrogen-bond donors (Lipinski definition) is 1. The summed E-state index contributed by atoms with van der Waals surface area (Å²) in [6, 6.07) is 14.2. The SMILES string of the molecule is CCc1ccc(-c2nc(CC(=O)N(CC)CC(=O)NCc3ccc(F)cc3)cs2)cc1. The van der Waals surface area contributed by atoms with Gasteiger partial charge in [0, 0.05) is 24.0 Å². The lowest BCUT2D eigenvalue weighted by Gasteiger charge is -2.20. The molecule has 0 aliphatic carbocycles. The number of halogens is 1. The summed E-state index contributed by atoms with van der Waals surface area (Å²) in [6.45, 7) is 4.65. The average Bonchev–Trinajstić information content (AvgIpc) is 3.25. The number of nitrogens with one attached hydrogen (secondary N) is 1. The molecule has 1 N–H and O–H groups in total.